The number of benzene rings is 3. The minimum Gasteiger partial charge on any atom is -0.287 e. The number of azide groups is 1. The molecule has 0 aliphatic rings. The van der Waals surface area contributed by atoms with Crippen LogP contribution >= 0.6 is 39.3 Å². The molecule has 5 rings (SSSR count). The number of hydrogen-bond donors (Lipinski definition) is 0. The summed E-state index contributed by atoms with van der Waals surface area (Å²) in [5.74, 6) is 0.732. The Hall–Kier alpha value is -3.89. The summed E-state index contributed by atoms with van der Waals surface area (Å²) in [6, 6.07) is 23.3. The molecule has 0 saturated heterocycles. The van der Waals surface area contributed by atoms with Crippen LogP contribution in [0.5, 0.6) is 0 Å². The third-order valence-electron chi connectivity index (χ3n) is 5.53. The molecule has 12 heteroatoms. The average molecular weight is 606 g/mol. The number of carbonyl (C=O) groups excluding carboxylic acids is 1. The molecule has 0 amide bonds. The number of aromatic nitrogens is 5. The maximum Gasteiger partial charge on any atom is 0.211 e. The lowest BCUT2D eigenvalue weighted by Crippen LogP contribution is -2.10. The standard InChI is InChI=1S/C26H18BrClN8OS/c1-2-38-26-32-31-25(35(26)19-6-4-3-5-7-19)22-21(30-34-29)23(24(37)16-8-10-17(27)11-9-16)36(33-22)20-14-12-18(28)13-15-20/h3-15H,2H2,1H3. The monoisotopic (exact) mass is 604 g/mol. The molecular weight excluding hydrogens is 588 g/mol. The van der Waals surface area contributed by atoms with Crippen molar-refractivity contribution in [3.8, 4) is 22.9 Å². The lowest BCUT2D eigenvalue weighted by atomic mass is 10.1. The summed E-state index contributed by atoms with van der Waals surface area (Å²) in [5.41, 5.74) is 11.7. The topological polar surface area (TPSA) is 114 Å². The second-order valence-electron chi connectivity index (χ2n) is 7.87. The molecule has 0 unspecified atom stereocenters. The molecular formula is C26H18BrClN8OS. The first-order chi connectivity index (χ1) is 18.5. The van der Waals surface area contributed by atoms with Crippen LogP contribution in [0.4, 0.5) is 5.69 Å². The van der Waals surface area contributed by atoms with Crippen LogP contribution < -0.4 is 0 Å². The van der Waals surface area contributed by atoms with Crippen LogP contribution in [0.3, 0.4) is 0 Å². The number of thioether (sulfide) groups is 1. The quantitative estimate of drug-likeness (QED) is 0.0588. The Kier molecular flexibility index (Phi) is 7.62. The van der Waals surface area contributed by atoms with Gasteiger partial charge < -0.3 is 0 Å². The van der Waals surface area contributed by atoms with E-state index in [1.54, 1.807) is 48.5 Å². The van der Waals surface area contributed by atoms with Gasteiger partial charge in [0, 0.05) is 25.7 Å². The zero-order chi connectivity index (χ0) is 26.6. The Balaban J connectivity index is 1.81. The predicted molar refractivity (Wildman–Crippen MR) is 152 cm³/mol. The molecule has 0 N–H and O–H groups in total. The Bertz CT molecular complexity index is 1660. The minimum atomic E-state index is -0.373. The van der Waals surface area contributed by atoms with Gasteiger partial charge in [-0.05, 0) is 71.9 Å². The van der Waals surface area contributed by atoms with Gasteiger partial charge in [-0.2, -0.15) is 5.10 Å². The van der Waals surface area contributed by atoms with E-state index in [9.17, 15) is 10.3 Å². The third kappa shape index (κ3) is 4.97. The number of carbonyl (C=O) groups is 1. The number of para-hydroxylation sites is 1. The number of nitrogens with zero attached hydrogens (tertiary/aromatic N) is 8. The van der Waals surface area contributed by atoms with Crippen molar-refractivity contribution < 1.29 is 4.79 Å². The Labute approximate surface area is 235 Å². The van der Waals surface area contributed by atoms with E-state index in [-0.39, 0.29) is 22.9 Å². The first-order valence-corrected chi connectivity index (χ1v) is 13.6. The molecule has 0 radical (unpaired) electrons. The van der Waals surface area contributed by atoms with E-state index in [0.29, 0.717) is 27.3 Å². The van der Waals surface area contributed by atoms with Gasteiger partial charge in [0.25, 0.3) is 0 Å². The van der Waals surface area contributed by atoms with Crippen molar-refractivity contribution in [1.82, 2.24) is 24.5 Å². The van der Waals surface area contributed by atoms with E-state index in [2.05, 4.69) is 36.2 Å². The molecule has 9 nitrogen and oxygen atoms in total. The van der Waals surface area contributed by atoms with Gasteiger partial charge in [-0.1, -0.05) is 69.5 Å². The van der Waals surface area contributed by atoms with Crippen molar-refractivity contribution >= 4 is 50.8 Å². The smallest absolute Gasteiger partial charge is 0.211 e. The Morgan fingerprint density at radius 3 is 2.39 bits per heavy atom. The summed E-state index contributed by atoms with van der Waals surface area (Å²) in [7, 11) is 0. The number of halogens is 2. The van der Waals surface area contributed by atoms with Gasteiger partial charge in [0.2, 0.25) is 5.78 Å². The van der Waals surface area contributed by atoms with Gasteiger partial charge >= 0.3 is 0 Å². The molecule has 0 aliphatic heterocycles. The van der Waals surface area contributed by atoms with Gasteiger partial charge in [-0.15, -0.1) is 10.2 Å². The van der Waals surface area contributed by atoms with E-state index < -0.39 is 0 Å². The molecule has 3 aromatic carbocycles. The maximum absolute atomic E-state index is 13.9. The second-order valence-corrected chi connectivity index (χ2v) is 10.5. The number of rotatable bonds is 8. The third-order valence-corrected chi connectivity index (χ3v) is 7.12. The highest BCUT2D eigenvalue weighted by Gasteiger charge is 2.29. The molecule has 0 saturated carbocycles. The zero-order valence-electron chi connectivity index (χ0n) is 19.9. The molecule has 188 valence electrons. The van der Waals surface area contributed by atoms with Crippen LogP contribution in [0.1, 0.15) is 23.0 Å². The second kappa shape index (κ2) is 11.2. The summed E-state index contributed by atoms with van der Waals surface area (Å²) in [6.45, 7) is 2.02. The van der Waals surface area contributed by atoms with Crippen molar-refractivity contribution in [1.29, 1.82) is 0 Å². The first kappa shape index (κ1) is 25.7. The maximum atomic E-state index is 13.9. The SMILES string of the molecule is CCSc1nnc(-c2nn(-c3ccc(Cl)cc3)c(C(=O)c3ccc(Br)cc3)c2N=[N+]=[N-])n1-c1ccccc1. The summed E-state index contributed by atoms with van der Waals surface area (Å²) in [6.07, 6.45) is 0. The highest BCUT2D eigenvalue weighted by atomic mass is 79.9. The molecule has 0 bridgehead atoms. The molecule has 5 aromatic rings. The predicted octanol–water partition coefficient (Wildman–Crippen LogP) is 7.82. The first-order valence-electron chi connectivity index (χ1n) is 11.4. The lowest BCUT2D eigenvalue weighted by molar-refractivity contribution is 0.103. The van der Waals surface area contributed by atoms with E-state index >= 15 is 0 Å². The fourth-order valence-corrected chi connectivity index (χ4v) is 4.93. The highest BCUT2D eigenvalue weighted by Crippen LogP contribution is 2.38. The normalized spacial score (nSPS) is 10.8. The van der Waals surface area contributed by atoms with Crippen molar-refractivity contribution in [3.05, 3.63) is 110 Å². The van der Waals surface area contributed by atoms with Crippen LogP contribution in [0.2, 0.25) is 5.02 Å². The molecule has 0 atom stereocenters. The van der Waals surface area contributed by atoms with Crippen LogP contribution in [0.15, 0.2) is 93.6 Å². The van der Waals surface area contributed by atoms with Crippen molar-refractivity contribution in [2.24, 2.45) is 5.11 Å². The number of ketones is 1. The van der Waals surface area contributed by atoms with Crippen molar-refractivity contribution in [2.75, 3.05) is 5.75 Å². The van der Waals surface area contributed by atoms with Crippen LogP contribution in [0.25, 0.3) is 33.3 Å². The fourth-order valence-electron chi connectivity index (χ4n) is 3.87. The molecule has 2 heterocycles. The largest absolute Gasteiger partial charge is 0.287 e. The van der Waals surface area contributed by atoms with Gasteiger partial charge in [0.15, 0.2) is 11.0 Å². The highest BCUT2D eigenvalue weighted by molar-refractivity contribution is 9.10. The van der Waals surface area contributed by atoms with Crippen LogP contribution in [0, 0.1) is 0 Å². The molecule has 0 fully saturated rings. The van der Waals surface area contributed by atoms with E-state index in [1.165, 1.54) is 16.4 Å². The summed E-state index contributed by atoms with van der Waals surface area (Å²) < 4.78 is 4.12. The summed E-state index contributed by atoms with van der Waals surface area (Å²) in [4.78, 5) is 16.9. The van der Waals surface area contributed by atoms with E-state index in [0.717, 1.165) is 15.9 Å². The van der Waals surface area contributed by atoms with Gasteiger partial charge in [-0.25, -0.2) is 4.68 Å². The van der Waals surface area contributed by atoms with Gasteiger partial charge in [-0.3, -0.25) is 9.36 Å². The van der Waals surface area contributed by atoms with E-state index in [1.807, 2.05) is 41.8 Å². The Morgan fingerprint density at radius 2 is 1.74 bits per heavy atom. The number of hydrogen-bond acceptors (Lipinski definition) is 6. The van der Waals surface area contributed by atoms with E-state index in [4.69, 9.17) is 16.7 Å². The van der Waals surface area contributed by atoms with Crippen molar-refractivity contribution in [2.45, 2.75) is 12.1 Å². The van der Waals surface area contributed by atoms with Gasteiger partial charge in [0.1, 0.15) is 11.4 Å². The average Bonchev–Trinajstić information content (AvgIpc) is 3.51. The lowest BCUT2D eigenvalue weighted by Gasteiger charge is -2.08. The molecule has 0 spiro atoms. The fraction of sp³-hybridized carbons (Fsp3) is 0.0769. The minimum absolute atomic E-state index is 0.0491. The van der Waals surface area contributed by atoms with Crippen LogP contribution in [-0.2, 0) is 0 Å². The van der Waals surface area contributed by atoms with Crippen molar-refractivity contribution in [3.63, 3.8) is 0 Å². The van der Waals surface area contributed by atoms with Crippen LogP contribution in [-0.4, -0.2) is 36.1 Å². The molecule has 2 aromatic heterocycles. The van der Waals surface area contributed by atoms with Gasteiger partial charge in [0.05, 0.1) is 11.4 Å². The zero-order valence-corrected chi connectivity index (χ0v) is 23.0. The Morgan fingerprint density at radius 1 is 1.03 bits per heavy atom. The summed E-state index contributed by atoms with van der Waals surface area (Å²) >= 11 is 11.0. The molecule has 0 aliphatic carbocycles. The molecule has 38 heavy (non-hydrogen) atoms. The summed E-state index contributed by atoms with van der Waals surface area (Å²) in [5, 5.41) is 18.7.